The molecular formula is C24H29ClN2O4. The van der Waals surface area contributed by atoms with E-state index < -0.39 is 11.7 Å². The molecule has 0 atom stereocenters. The fourth-order valence-corrected chi connectivity index (χ4v) is 2.96. The van der Waals surface area contributed by atoms with Gasteiger partial charge in [0.25, 0.3) is 0 Å². The third-order valence-electron chi connectivity index (χ3n) is 4.43. The molecule has 0 fully saturated rings. The van der Waals surface area contributed by atoms with Gasteiger partial charge in [0.2, 0.25) is 5.91 Å². The molecule has 0 saturated heterocycles. The first-order valence-corrected chi connectivity index (χ1v) is 10.6. The molecule has 6 nitrogen and oxygen atoms in total. The number of halogens is 1. The summed E-state index contributed by atoms with van der Waals surface area (Å²) in [4.78, 5) is 38.7. The number of ether oxygens (including phenoxy) is 1. The molecule has 0 aliphatic heterocycles. The van der Waals surface area contributed by atoms with Crippen molar-refractivity contribution < 1.29 is 19.1 Å². The summed E-state index contributed by atoms with van der Waals surface area (Å²) in [5.41, 5.74) is 1.32. The first-order valence-electron chi connectivity index (χ1n) is 10.2. The Hall–Kier alpha value is -2.86. The summed E-state index contributed by atoms with van der Waals surface area (Å²) in [7, 11) is 0. The summed E-state index contributed by atoms with van der Waals surface area (Å²) in [6, 6.07) is 13.9. The molecule has 2 amide bonds. The summed E-state index contributed by atoms with van der Waals surface area (Å²) in [6.45, 7) is 8.08. The Morgan fingerprint density at radius 2 is 1.65 bits per heavy atom. The van der Waals surface area contributed by atoms with Crippen molar-refractivity contribution >= 4 is 35.1 Å². The summed E-state index contributed by atoms with van der Waals surface area (Å²) in [5, 5.41) is 3.41. The largest absolute Gasteiger partial charge is 0.444 e. The zero-order valence-electron chi connectivity index (χ0n) is 18.4. The molecule has 2 aromatic carbocycles. The number of nitrogens with one attached hydrogen (secondary N) is 1. The van der Waals surface area contributed by atoms with Crippen molar-refractivity contribution in [2.75, 3.05) is 11.9 Å². The van der Waals surface area contributed by atoms with Gasteiger partial charge in [-0.25, -0.2) is 4.79 Å². The fraction of sp³-hybridized carbons (Fsp3) is 0.375. The lowest BCUT2D eigenvalue weighted by Gasteiger charge is -2.27. The lowest BCUT2D eigenvalue weighted by atomic mass is 10.1. The Balaban J connectivity index is 1.99. The van der Waals surface area contributed by atoms with Crippen LogP contribution in [-0.4, -0.2) is 34.8 Å². The summed E-state index contributed by atoms with van der Waals surface area (Å²) < 4.78 is 5.45. The van der Waals surface area contributed by atoms with Crippen molar-refractivity contribution in [3.8, 4) is 0 Å². The van der Waals surface area contributed by atoms with Crippen molar-refractivity contribution in [3.63, 3.8) is 0 Å². The number of para-hydroxylation sites is 1. The van der Waals surface area contributed by atoms with Gasteiger partial charge in [0.05, 0.1) is 6.54 Å². The molecule has 1 N–H and O–H groups in total. The van der Waals surface area contributed by atoms with E-state index in [4.69, 9.17) is 16.3 Å². The lowest BCUT2D eigenvalue weighted by Crippen LogP contribution is -2.36. The standard InChI is InChI=1S/C24H29ClN2O4/c1-5-27(23(30)31-24(2,3)4)16-18-8-6-7-9-20(18)26-22(29)15-14-21(28)17-10-12-19(25)13-11-17/h6-13H,5,14-16H2,1-4H3,(H,26,29). The molecule has 0 spiro atoms. The van der Waals surface area contributed by atoms with Gasteiger partial charge in [-0.3, -0.25) is 9.59 Å². The number of anilines is 1. The number of nitrogens with zero attached hydrogens (tertiary/aromatic N) is 1. The van der Waals surface area contributed by atoms with Crippen molar-refractivity contribution in [2.45, 2.75) is 52.7 Å². The minimum absolute atomic E-state index is 0.0549. The predicted octanol–water partition coefficient (Wildman–Crippen LogP) is 5.70. The number of rotatable bonds is 8. The quantitative estimate of drug-likeness (QED) is 0.530. The molecule has 166 valence electrons. The normalized spacial score (nSPS) is 11.0. The minimum Gasteiger partial charge on any atom is -0.444 e. The third kappa shape index (κ3) is 8.06. The van der Waals surface area contributed by atoms with E-state index >= 15 is 0 Å². The van der Waals surface area contributed by atoms with Gasteiger partial charge in [0, 0.05) is 35.7 Å². The molecule has 0 aliphatic carbocycles. The highest BCUT2D eigenvalue weighted by molar-refractivity contribution is 6.30. The van der Waals surface area contributed by atoms with Crippen molar-refractivity contribution in [1.82, 2.24) is 4.90 Å². The molecule has 0 bridgehead atoms. The summed E-state index contributed by atoms with van der Waals surface area (Å²) in [6.07, 6.45) is -0.266. The van der Waals surface area contributed by atoms with Gasteiger partial charge in [-0.2, -0.15) is 0 Å². The van der Waals surface area contributed by atoms with Crippen LogP contribution in [0.15, 0.2) is 48.5 Å². The second kappa shape index (κ2) is 11.0. The second-order valence-corrected chi connectivity index (χ2v) is 8.57. The van der Waals surface area contributed by atoms with E-state index in [1.54, 1.807) is 35.2 Å². The van der Waals surface area contributed by atoms with E-state index in [1.165, 1.54) is 0 Å². The van der Waals surface area contributed by atoms with E-state index in [9.17, 15) is 14.4 Å². The number of Topliss-reactive ketones (excluding diaryl/α,β-unsaturated/α-hetero) is 1. The maximum atomic E-state index is 12.4. The summed E-state index contributed by atoms with van der Waals surface area (Å²) in [5.74, 6) is -0.391. The highest BCUT2D eigenvalue weighted by atomic mass is 35.5. The smallest absolute Gasteiger partial charge is 0.410 e. The van der Waals surface area contributed by atoms with Gasteiger partial charge in [0.15, 0.2) is 5.78 Å². The Morgan fingerprint density at radius 3 is 2.26 bits per heavy atom. The van der Waals surface area contributed by atoms with E-state index in [0.29, 0.717) is 29.4 Å². The highest BCUT2D eigenvalue weighted by Gasteiger charge is 2.22. The minimum atomic E-state index is -0.588. The van der Waals surface area contributed by atoms with Crippen LogP contribution in [-0.2, 0) is 16.1 Å². The average molecular weight is 445 g/mol. The maximum Gasteiger partial charge on any atom is 0.410 e. The molecule has 0 aromatic heterocycles. The maximum absolute atomic E-state index is 12.4. The van der Waals surface area contributed by atoms with Gasteiger partial charge in [-0.15, -0.1) is 0 Å². The molecule has 0 unspecified atom stereocenters. The van der Waals surface area contributed by atoms with Crippen molar-refractivity contribution in [2.24, 2.45) is 0 Å². The van der Waals surface area contributed by atoms with Crippen LogP contribution in [0, 0.1) is 0 Å². The zero-order chi connectivity index (χ0) is 23.0. The first-order chi connectivity index (χ1) is 14.6. The Bertz CT molecular complexity index is 920. The van der Waals surface area contributed by atoms with Crippen LogP contribution < -0.4 is 5.32 Å². The Labute approximate surface area is 188 Å². The molecule has 0 radical (unpaired) electrons. The lowest BCUT2D eigenvalue weighted by molar-refractivity contribution is -0.116. The van der Waals surface area contributed by atoms with Crippen LogP contribution in [0.2, 0.25) is 5.02 Å². The Morgan fingerprint density at radius 1 is 1.00 bits per heavy atom. The zero-order valence-corrected chi connectivity index (χ0v) is 19.2. The molecule has 7 heteroatoms. The molecule has 2 aromatic rings. The van der Waals surface area contributed by atoms with E-state index in [-0.39, 0.29) is 24.5 Å². The molecule has 0 aliphatic rings. The van der Waals surface area contributed by atoms with Crippen LogP contribution in [0.5, 0.6) is 0 Å². The number of amides is 2. The van der Waals surface area contributed by atoms with Crippen molar-refractivity contribution in [3.05, 3.63) is 64.7 Å². The summed E-state index contributed by atoms with van der Waals surface area (Å²) >= 11 is 5.84. The van der Waals surface area contributed by atoms with Gasteiger partial charge in [-0.1, -0.05) is 29.8 Å². The van der Waals surface area contributed by atoms with Gasteiger partial charge in [-0.05, 0) is 63.6 Å². The number of hydrogen-bond donors (Lipinski definition) is 1. The first kappa shape index (κ1) is 24.4. The number of hydrogen-bond acceptors (Lipinski definition) is 4. The molecular weight excluding hydrogens is 416 g/mol. The molecule has 0 heterocycles. The predicted molar refractivity (Wildman–Crippen MR) is 122 cm³/mol. The SMILES string of the molecule is CCN(Cc1ccccc1NC(=O)CCC(=O)c1ccc(Cl)cc1)C(=O)OC(C)(C)C. The van der Waals surface area contributed by atoms with Gasteiger partial charge >= 0.3 is 6.09 Å². The van der Waals surface area contributed by atoms with Crippen molar-refractivity contribution in [1.29, 1.82) is 0 Å². The van der Waals surface area contributed by atoms with E-state index in [1.807, 2.05) is 45.9 Å². The molecule has 2 rings (SSSR count). The number of carbonyl (C=O) groups excluding carboxylic acids is 3. The average Bonchev–Trinajstić information content (AvgIpc) is 2.70. The monoisotopic (exact) mass is 444 g/mol. The van der Waals surface area contributed by atoms with E-state index in [2.05, 4.69) is 5.32 Å². The number of ketones is 1. The van der Waals surface area contributed by atoms with Crippen LogP contribution in [0.3, 0.4) is 0 Å². The van der Waals surface area contributed by atoms with E-state index in [0.717, 1.165) is 5.56 Å². The van der Waals surface area contributed by atoms with Crippen LogP contribution in [0.1, 0.15) is 56.5 Å². The molecule has 31 heavy (non-hydrogen) atoms. The van der Waals surface area contributed by atoms with Crippen LogP contribution in [0.25, 0.3) is 0 Å². The van der Waals surface area contributed by atoms with Crippen LogP contribution in [0.4, 0.5) is 10.5 Å². The fourth-order valence-electron chi connectivity index (χ4n) is 2.84. The Kier molecular flexibility index (Phi) is 8.63. The number of carbonyl (C=O) groups is 3. The topological polar surface area (TPSA) is 75.7 Å². The van der Waals surface area contributed by atoms with Gasteiger partial charge in [0.1, 0.15) is 5.60 Å². The molecule has 0 saturated carbocycles. The number of benzene rings is 2. The third-order valence-corrected chi connectivity index (χ3v) is 4.68. The highest BCUT2D eigenvalue weighted by Crippen LogP contribution is 2.20. The van der Waals surface area contributed by atoms with Crippen LogP contribution >= 0.6 is 11.6 Å². The second-order valence-electron chi connectivity index (χ2n) is 8.13. The van der Waals surface area contributed by atoms with Gasteiger partial charge < -0.3 is 15.0 Å².